The molecule has 0 aromatic heterocycles. The molecular formula is C14H18N2O4. The Morgan fingerprint density at radius 2 is 2.10 bits per heavy atom. The van der Waals surface area contributed by atoms with E-state index in [2.05, 4.69) is 15.4 Å². The van der Waals surface area contributed by atoms with Crippen LogP contribution in [0, 0.1) is 0 Å². The van der Waals surface area contributed by atoms with E-state index in [0.29, 0.717) is 0 Å². The number of carbonyl (C=O) groups is 2. The number of hydrogen-bond donors (Lipinski definition) is 2. The van der Waals surface area contributed by atoms with Gasteiger partial charge in [0, 0.05) is 12.7 Å². The SMILES string of the molecule is COC(=O)CCNC(=O)N/C=C/c1cccc(OC)c1. The second-order valence-corrected chi connectivity index (χ2v) is 3.84. The molecule has 1 aromatic rings. The van der Waals surface area contributed by atoms with Crippen LogP contribution in [-0.2, 0) is 9.53 Å². The van der Waals surface area contributed by atoms with Gasteiger partial charge in [0.25, 0.3) is 0 Å². The summed E-state index contributed by atoms with van der Waals surface area (Å²) in [6, 6.07) is 7.04. The van der Waals surface area contributed by atoms with E-state index in [0.717, 1.165) is 11.3 Å². The van der Waals surface area contributed by atoms with Crippen molar-refractivity contribution in [1.29, 1.82) is 0 Å². The largest absolute Gasteiger partial charge is 0.497 e. The average Bonchev–Trinajstić information content (AvgIpc) is 2.47. The fourth-order valence-corrected chi connectivity index (χ4v) is 1.39. The number of ether oxygens (including phenoxy) is 2. The summed E-state index contributed by atoms with van der Waals surface area (Å²) in [6.07, 6.45) is 3.40. The first-order chi connectivity index (χ1) is 9.65. The third-order valence-electron chi connectivity index (χ3n) is 2.43. The lowest BCUT2D eigenvalue weighted by atomic mass is 10.2. The molecule has 0 fully saturated rings. The molecule has 6 heteroatoms. The highest BCUT2D eigenvalue weighted by Gasteiger charge is 2.01. The maximum absolute atomic E-state index is 11.4. The lowest BCUT2D eigenvalue weighted by molar-refractivity contribution is -0.140. The Morgan fingerprint density at radius 3 is 2.80 bits per heavy atom. The normalized spacial score (nSPS) is 10.1. The molecule has 6 nitrogen and oxygen atoms in total. The van der Waals surface area contributed by atoms with Gasteiger partial charge in [0.05, 0.1) is 20.6 Å². The summed E-state index contributed by atoms with van der Waals surface area (Å²) in [4.78, 5) is 22.2. The van der Waals surface area contributed by atoms with Crippen molar-refractivity contribution in [3.8, 4) is 5.75 Å². The fraction of sp³-hybridized carbons (Fsp3) is 0.286. The highest BCUT2D eigenvalue weighted by atomic mass is 16.5. The standard InChI is InChI=1S/C14H18N2O4/c1-19-12-5-3-4-11(10-12)6-8-15-14(18)16-9-7-13(17)20-2/h3-6,8,10H,7,9H2,1-2H3,(H2,15,16,18)/b8-6+. The van der Waals surface area contributed by atoms with Gasteiger partial charge in [-0.25, -0.2) is 4.79 Å². The van der Waals surface area contributed by atoms with Crippen LogP contribution in [0.3, 0.4) is 0 Å². The molecule has 0 spiro atoms. The first-order valence-corrected chi connectivity index (χ1v) is 6.07. The molecule has 20 heavy (non-hydrogen) atoms. The van der Waals surface area contributed by atoms with E-state index in [1.54, 1.807) is 13.2 Å². The van der Waals surface area contributed by atoms with E-state index in [4.69, 9.17) is 4.74 Å². The number of hydrogen-bond acceptors (Lipinski definition) is 4. The number of benzene rings is 1. The first kappa shape index (κ1) is 15.6. The van der Waals surface area contributed by atoms with Gasteiger partial charge in [-0.05, 0) is 23.8 Å². The fourth-order valence-electron chi connectivity index (χ4n) is 1.39. The number of carbonyl (C=O) groups excluding carboxylic acids is 2. The van der Waals surface area contributed by atoms with Crippen LogP contribution in [0.4, 0.5) is 4.79 Å². The van der Waals surface area contributed by atoms with Gasteiger partial charge in [0.15, 0.2) is 0 Å². The zero-order valence-corrected chi connectivity index (χ0v) is 11.5. The van der Waals surface area contributed by atoms with Crippen molar-refractivity contribution in [1.82, 2.24) is 10.6 Å². The van der Waals surface area contributed by atoms with Crippen molar-refractivity contribution in [3.63, 3.8) is 0 Å². The Hall–Kier alpha value is -2.50. The molecule has 0 aliphatic rings. The Labute approximate surface area is 117 Å². The molecule has 0 aliphatic heterocycles. The summed E-state index contributed by atoms with van der Waals surface area (Å²) in [5.74, 6) is 0.381. The molecule has 1 aromatic carbocycles. The molecule has 0 unspecified atom stereocenters. The molecule has 1 rings (SSSR count). The Balaban J connectivity index is 2.32. The van der Waals surface area contributed by atoms with Gasteiger partial charge in [-0.3, -0.25) is 4.79 Å². The number of amides is 2. The van der Waals surface area contributed by atoms with Crippen LogP contribution in [0.5, 0.6) is 5.75 Å². The van der Waals surface area contributed by atoms with Gasteiger partial charge in [-0.1, -0.05) is 12.1 Å². The van der Waals surface area contributed by atoms with Crippen LogP contribution in [0.15, 0.2) is 30.5 Å². The zero-order valence-electron chi connectivity index (χ0n) is 11.5. The third-order valence-corrected chi connectivity index (χ3v) is 2.43. The number of nitrogens with one attached hydrogen (secondary N) is 2. The molecule has 108 valence electrons. The summed E-state index contributed by atoms with van der Waals surface area (Å²) in [5.41, 5.74) is 0.902. The quantitative estimate of drug-likeness (QED) is 0.774. The van der Waals surface area contributed by atoms with E-state index in [9.17, 15) is 9.59 Å². The third kappa shape index (κ3) is 5.90. The van der Waals surface area contributed by atoms with Crippen molar-refractivity contribution >= 4 is 18.1 Å². The average molecular weight is 278 g/mol. The second-order valence-electron chi connectivity index (χ2n) is 3.84. The monoisotopic (exact) mass is 278 g/mol. The molecule has 0 saturated heterocycles. The van der Waals surface area contributed by atoms with Gasteiger partial charge >= 0.3 is 12.0 Å². The van der Waals surface area contributed by atoms with Crippen LogP contribution in [0.2, 0.25) is 0 Å². The zero-order chi connectivity index (χ0) is 14.8. The van der Waals surface area contributed by atoms with Crippen molar-refractivity contribution in [2.75, 3.05) is 20.8 Å². The van der Waals surface area contributed by atoms with Crippen LogP contribution < -0.4 is 15.4 Å². The van der Waals surface area contributed by atoms with Crippen LogP contribution in [0.25, 0.3) is 6.08 Å². The number of esters is 1. The van der Waals surface area contributed by atoms with Crippen molar-refractivity contribution in [2.24, 2.45) is 0 Å². The lowest BCUT2D eigenvalue weighted by Gasteiger charge is -2.03. The minimum atomic E-state index is -0.381. The van der Waals surface area contributed by atoms with Crippen LogP contribution >= 0.6 is 0 Å². The topological polar surface area (TPSA) is 76.7 Å². The van der Waals surface area contributed by atoms with E-state index in [1.165, 1.54) is 13.3 Å². The minimum absolute atomic E-state index is 0.142. The predicted molar refractivity (Wildman–Crippen MR) is 75.2 cm³/mol. The van der Waals surface area contributed by atoms with Crippen LogP contribution in [0.1, 0.15) is 12.0 Å². The second kappa shape index (κ2) is 8.58. The van der Waals surface area contributed by atoms with Gasteiger partial charge in [-0.15, -0.1) is 0 Å². The smallest absolute Gasteiger partial charge is 0.318 e. The molecule has 0 saturated carbocycles. The maximum atomic E-state index is 11.4. The van der Waals surface area contributed by atoms with Crippen molar-refractivity contribution < 1.29 is 19.1 Å². The summed E-state index contributed by atoms with van der Waals surface area (Å²) in [6.45, 7) is 0.228. The lowest BCUT2D eigenvalue weighted by Crippen LogP contribution is -2.33. The molecule has 0 radical (unpaired) electrons. The van der Waals surface area contributed by atoms with Gasteiger partial charge < -0.3 is 20.1 Å². The highest BCUT2D eigenvalue weighted by Crippen LogP contribution is 2.13. The molecule has 2 N–H and O–H groups in total. The van der Waals surface area contributed by atoms with E-state index in [-0.39, 0.29) is 25.0 Å². The van der Waals surface area contributed by atoms with Crippen molar-refractivity contribution in [3.05, 3.63) is 36.0 Å². The van der Waals surface area contributed by atoms with Gasteiger partial charge in [-0.2, -0.15) is 0 Å². The van der Waals surface area contributed by atoms with E-state index in [1.807, 2.05) is 24.3 Å². The molecule has 0 aliphatic carbocycles. The number of methoxy groups -OCH3 is 2. The van der Waals surface area contributed by atoms with Gasteiger partial charge in [0.2, 0.25) is 0 Å². The predicted octanol–water partition coefficient (Wildman–Crippen LogP) is 1.53. The molecule has 0 heterocycles. The summed E-state index contributed by atoms with van der Waals surface area (Å²) >= 11 is 0. The molecule has 2 amide bonds. The first-order valence-electron chi connectivity index (χ1n) is 6.07. The van der Waals surface area contributed by atoms with Gasteiger partial charge in [0.1, 0.15) is 5.75 Å². The van der Waals surface area contributed by atoms with E-state index >= 15 is 0 Å². The molecule has 0 bridgehead atoms. The number of rotatable bonds is 6. The van der Waals surface area contributed by atoms with Crippen molar-refractivity contribution in [2.45, 2.75) is 6.42 Å². The Morgan fingerprint density at radius 1 is 1.30 bits per heavy atom. The summed E-state index contributed by atoms with van der Waals surface area (Å²) in [7, 11) is 2.90. The molecule has 0 atom stereocenters. The number of urea groups is 1. The molecular weight excluding hydrogens is 260 g/mol. The minimum Gasteiger partial charge on any atom is -0.497 e. The maximum Gasteiger partial charge on any atom is 0.318 e. The van der Waals surface area contributed by atoms with Crippen LogP contribution in [-0.4, -0.2) is 32.8 Å². The highest BCUT2D eigenvalue weighted by molar-refractivity contribution is 5.77. The summed E-state index contributed by atoms with van der Waals surface area (Å²) < 4.78 is 9.55. The Kier molecular flexibility index (Phi) is 6.67. The van der Waals surface area contributed by atoms with E-state index < -0.39 is 0 Å². The summed E-state index contributed by atoms with van der Waals surface area (Å²) in [5, 5.41) is 5.07. The Bertz CT molecular complexity index is 486.